The Morgan fingerprint density at radius 1 is 1.44 bits per heavy atom. The summed E-state index contributed by atoms with van der Waals surface area (Å²) in [6.07, 6.45) is 1.45. The maximum atomic E-state index is 10.9. The number of thioether (sulfide) groups is 1. The lowest BCUT2D eigenvalue weighted by Gasteiger charge is -2.05. The molecule has 1 N–H and O–H groups in total. The van der Waals surface area contributed by atoms with E-state index in [1.807, 2.05) is 0 Å². The lowest BCUT2D eigenvalue weighted by molar-refractivity contribution is 0.0697. The molecule has 0 atom stereocenters. The highest BCUT2D eigenvalue weighted by atomic mass is 32.2. The maximum Gasteiger partial charge on any atom is 0.335 e. The number of carbonyl (C=O) groups is 1. The molecule has 0 saturated carbocycles. The van der Waals surface area contributed by atoms with Crippen LogP contribution < -0.4 is 0 Å². The molecule has 0 amide bonds. The van der Waals surface area contributed by atoms with Gasteiger partial charge in [-0.25, -0.2) is 14.8 Å². The fourth-order valence-electron chi connectivity index (χ4n) is 1.50. The van der Waals surface area contributed by atoms with E-state index >= 15 is 0 Å². The highest BCUT2D eigenvalue weighted by Gasteiger charge is 2.08. The first-order valence-electron chi connectivity index (χ1n) is 5.32. The Balaban J connectivity index is 2.34. The van der Waals surface area contributed by atoms with Crippen LogP contribution in [0.2, 0.25) is 0 Å². The number of carboxylic acid groups (broad SMARTS) is 1. The number of nitrogens with zero attached hydrogens (tertiary/aromatic N) is 2. The monoisotopic (exact) mass is 264 g/mol. The average molecular weight is 264 g/mol. The fraction of sp³-hybridized carbons (Fsp3) is 0.250. The first kappa shape index (κ1) is 12.8. The molecule has 1 aromatic carbocycles. The second kappa shape index (κ2) is 5.79. The van der Waals surface area contributed by atoms with Gasteiger partial charge in [-0.1, -0.05) is 0 Å². The Morgan fingerprint density at radius 2 is 2.28 bits per heavy atom. The predicted molar refractivity (Wildman–Crippen MR) is 69.1 cm³/mol. The molecule has 6 heteroatoms. The maximum absolute atomic E-state index is 10.9. The molecular formula is C12H12N2O3S. The van der Waals surface area contributed by atoms with Crippen LogP contribution in [0, 0.1) is 0 Å². The minimum absolute atomic E-state index is 0.231. The molecule has 18 heavy (non-hydrogen) atoms. The number of carboxylic acids is 1. The molecule has 0 saturated heterocycles. The molecule has 0 aliphatic rings. The lowest BCUT2D eigenvalue weighted by Crippen LogP contribution is -1.97. The third-order valence-electron chi connectivity index (χ3n) is 2.37. The smallest absolute Gasteiger partial charge is 0.335 e. The van der Waals surface area contributed by atoms with Crippen molar-refractivity contribution >= 4 is 28.6 Å². The molecule has 0 fully saturated rings. The quantitative estimate of drug-likeness (QED) is 0.506. The van der Waals surface area contributed by atoms with Crippen LogP contribution in [0.1, 0.15) is 10.4 Å². The standard InChI is InChI=1S/C12H12N2O3S/c1-17-4-5-18-11-9-3-2-8(12(15)16)6-10(9)13-7-14-11/h2-3,6-7H,4-5H2,1H3,(H,15,16). The summed E-state index contributed by atoms with van der Waals surface area (Å²) in [6.45, 7) is 0.642. The van der Waals surface area contributed by atoms with Crippen LogP contribution in [0.3, 0.4) is 0 Å². The van der Waals surface area contributed by atoms with Crippen LogP contribution in [-0.2, 0) is 4.74 Å². The van der Waals surface area contributed by atoms with Crippen LogP contribution in [0.15, 0.2) is 29.6 Å². The number of rotatable bonds is 5. The summed E-state index contributed by atoms with van der Waals surface area (Å²) in [7, 11) is 1.65. The van der Waals surface area contributed by atoms with Crippen LogP contribution >= 0.6 is 11.8 Å². The molecule has 1 heterocycles. The van der Waals surface area contributed by atoms with Gasteiger partial charge in [-0.15, -0.1) is 11.8 Å². The van der Waals surface area contributed by atoms with Gasteiger partial charge in [0.25, 0.3) is 0 Å². The Labute approximate surface area is 108 Å². The SMILES string of the molecule is COCCSc1ncnc2cc(C(=O)O)ccc12. The largest absolute Gasteiger partial charge is 0.478 e. The van der Waals surface area contributed by atoms with E-state index in [-0.39, 0.29) is 5.56 Å². The van der Waals surface area contributed by atoms with Crippen molar-refractivity contribution in [3.05, 3.63) is 30.1 Å². The number of ether oxygens (including phenoxy) is 1. The van der Waals surface area contributed by atoms with Gasteiger partial charge in [0.15, 0.2) is 0 Å². The molecule has 0 aliphatic heterocycles. The first-order valence-corrected chi connectivity index (χ1v) is 6.30. The Hall–Kier alpha value is -1.66. The third-order valence-corrected chi connectivity index (χ3v) is 3.34. The predicted octanol–water partition coefficient (Wildman–Crippen LogP) is 2.07. The Bertz CT molecular complexity index is 574. The number of aromatic nitrogens is 2. The van der Waals surface area contributed by atoms with Crippen molar-refractivity contribution in [1.29, 1.82) is 0 Å². The van der Waals surface area contributed by atoms with E-state index < -0.39 is 5.97 Å². The normalized spacial score (nSPS) is 10.7. The van der Waals surface area contributed by atoms with Crippen LogP contribution in [-0.4, -0.2) is 40.5 Å². The summed E-state index contributed by atoms with van der Waals surface area (Å²) >= 11 is 1.57. The van der Waals surface area contributed by atoms with Gasteiger partial charge in [0.2, 0.25) is 0 Å². The van der Waals surface area contributed by atoms with Crippen LogP contribution in [0.4, 0.5) is 0 Å². The number of methoxy groups -OCH3 is 1. The summed E-state index contributed by atoms with van der Waals surface area (Å²) in [5.41, 5.74) is 0.874. The molecule has 0 bridgehead atoms. The van der Waals surface area contributed by atoms with Crippen molar-refractivity contribution in [1.82, 2.24) is 9.97 Å². The fourth-order valence-corrected chi connectivity index (χ4v) is 2.40. The zero-order valence-electron chi connectivity index (χ0n) is 9.79. The number of fused-ring (bicyclic) bond motifs is 1. The topological polar surface area (TPSA) is 72.3 Å². The van der Waals surface area contributed by atoms with E-state index in [0.717, 1.165) is 16.2 Å². The van der Waals surface area contributed by atoms with Gasteiger partial charge in [0, 0.05) is 18.2 Å². The van der Waals surface area contributed by atoms with E-state index in [4.69, 9.17) is 9.84 Å². The van der Waals surface area contributed by atoms with E-state index in [1.54, 1.807) is 37.1 Å². The van der Waals surface area contributed by atoms with Crippen molar-refractivity contribution in [2.75, 3.05) is 19.5 Å². The molecule has 1 aromatic heterocycles. The summed E-state index contributed by atoms with van der Waals surface area (Å²) < 4.78 is 4.98. The molecule has 0 radical (unpaired) electrons. The molecule has 0 spiro atoms. The van der Waals surface area contributed by atoms with Gasteiger partial charge in [0.05, 0.1) is 17.7 Å². The van der Waals surface area contributed by atoms with Gasteiger partial charge >= 0.3 is 5.97 Å². The Kier molecular flexibility index (Phi) is 4.11. The molecular weight excluding hydrogens is 252 g/mol. The minimum atomic E-state index is -0.955. The number of hydrogen-bond acceptors (Lipinski definition) is 5. The summed E-state index contributed by atoms with van der Waals surface area (Å²) in [5.74, 6) is -0.160. The summed E-state index contributed by atoms with van der Waals surface area (Å²) in [4.78, 5) is 19.2. The van der Waals surface area contributed by atoms with E-state index in [0.29, 0.717) is 12.1 Å². The van der Waals surface area contributed by atoms with E-state index in [1.165, 1.54) is 6.33 Å². The van der Waals surface area contributed by atoms with Crippen molar-refractivity contribution in [3.8, 4) is 0 Å². The zero-order chi connectivity index (χ0) is 13.0. The van der Waals surface area contributed by atoms with Gasteiger partial charge in [0.1, 0.15) is 11.4 Å². The van der Waals surface area contributed by atoms with E-state index in [2.05, 4.69) is 9.97 Å². The van der Waals surface area contributed by atoms with Gasteiger partial charge < -0.3 is 9.84 Å². The minimum Gasteiger partial charge on any atom is -0.478 e. The Morgan fingerprint density at radius 3 is 3.00 bits per heavy atom. The summed E-state index contributed by atoms with van der Waals surface area (Å²) in [5, 5.41) is 10.6. The lowest BCUT2D eigenvalue weighted by atomic mass is 10.1. The second-order valence-electron chi connectivity index (χ2n) is 3.56. The average Bonchev–Trinajstić information content (AvgIpc) is 2.38. The van der Waals surface area contributed by atoms with Crippen LogP contribution in [0.25, 0.3) is 10.9 Å². The third kappa shape index (κ3) is 2.77. The van der Waals surface area contributed by atoms with Crippen molar-refractivity contribution in [2.24, 2.45) is 0 Å². The van der Waals surface area contributed by atoms with Crippen LogP contribution in [0.5, 0.6) is 0 Å². The molecule has 5 nitrogen and oxygen atoms in total. The van der Waals surface area contributed by atoms with E-state index in [9.17, 15) is 4.79 Å². The van der Waals surface area contributed by atoms with Gasteiger partial charge in [-0.2, -0.15) is 0 Å². The molecule has 0 unspecified atom stereocenters. The highest BCUT2D eigenvalue weighted by molar-refractivity contribution is 7.99. The second-order valence-corrected chi connectivity index (χ2v) is 4.64. The first-order chi connectivity index (χ1) is 8.72. The molecule has 0 aliphatic carbocycles. The molecule has 2 aromatic rings. The number of hydrogen-bond donors (Lipinski definition) is 1. The molecule has 94 valence electrons. The highest BCUT2D eigenvalue weighted by Crippen LogP contribution is 2.24. The molecule has 2 rings (SSSR count). The zero-order valence-corrected chi connectivity index (χ0v) is 10.6. The van der Waals surface area contributed by atoms with Crippen molar-refractivity contribution < 1.29 is 14.6 Å². The summed E-state index contributed by atoms with van der Waals surface area (Å²) in [6, 6.07) is 4.86. The van der Waals surface area contributed by atoms with Crippen molar-refractivity contribution in [3.63, 3.8) is 0 Å². The number of aromatic carboxylic acids is 1. The van der Waals surface area contributed by atoms with Gasteiger partial charge in [-0.3, -0.25) is 0 Å². The van der Waals surface area contributed by atoms with Crippen molar-refractivity contribution in [2.45, 2.75) is 5.03 Å². The van der Waals surface area contributed by atoms with Gasteiger partial charge in [-0.05, 0) is 18.2 Å². The number of benzene rings is 1.